The van der Waals surface area contributed by atoms with Crippen molar-refractivity contribution in [2.75, 3.05) is 5.32 Å². The van der Waals surface area contributed by atoms with Crippen LogP contribution in [0, 0.1) is 29.6 Å². The van der Waals surface area contributed by atoms with Gasteiger partial charge in [-0.2, -0.15) is 10.5 Å². The van der Waals surface area contributed by atoms with E-state index in [1.807, 2.05) is 31.2 Å². The first-order valence-corrected chi connectivity index (χ1v) is 11.4. The quantitative estimate of drug-likeness (QED) is 0.338. The summed E-state index contributed by atoms with van der Waals surface area (Å²) < 4.78 is 6.75. The zero-order valence-corrected chi connectivity index (χ0v) is 19.2. The molecule has 1 aliphatic rings. The molecule has 1 aliphatic carbocycles. The van der Waals surface area contributed by atoms with E-state index in [2.05, 4.69) is 27.3 Å². The average Bonchev–Trinajstić information content (AvgIpc) is 3.35. The first kappa shape index (κ1) is 21.1. The molecule has 1 amide bonds. The van der Waals surface area contributed by atoms with Crippen molar-refractivity contribution < 1.29 is 9.21 Å². The number of nitrogens with one attached hydrogen (secondary N) is 1. The molecule has 0 unspecified atom stereocenters. The van der Waals surface area contributed by atoms with E-state index >= 15 is 0 Å². The summed E-state index contributed by atoms with van der Waals surface area (Å²) in [6, 6.07) is 13.6. The van der Waals surface area contributed by atoms with Crippen molar-refractivity contribution in [2.24, 2.45) is 0 Å². The molecule has 5 nitrogen and oxygen atoms in total. The van der Waals surface area contributed by atoms with Crippen LogP contribution in [0.1, 0.15) is 40.2 Å². The van der Waals surface area contributed by atoms with Crippen LogP contribution in [0.2, 0.25) is 0 Å². The standard InChI is InChI=1S/C24H18BrN3O2S/c1-14-6-8-18(20(25)10-14)21-9-7-16(30-21)11-15(12-26)23(29)28-24-19(13-27)17-4-2-3-5-22(17)31-24/h6-11H,2-5H2,1H3,(H,28,29)/b15-11+. The fraction of sp³-hybridized carbons (Fsp3) is 0.208. The Kier molecular flexibility index (Phi) is 6.08. The molecule has 154 valence electrons. The molecule has 0 bridgehead atoms. The minimum absolute atomic E-state index is 0.0841. The molecule has 0 fully saturated rings. The molecule has 2 heterocycles. The number of hydrogen-bond donors (Lipinski definition) is 1. The normalized spacial score (nSPS) is 13.2. The summed E-state index contributed by atoms with van der Waals surface area (Å²) in [5.41, 5.74) is 3.48. The van der Waals surface area contributed by atoms with Gasteiger partial charge < -0.3 is 9.73 Å². The zero-order valence-electron chi connectivity index (χ0n) is 16.8. The zero-order chi connectivity index (χ0) is 22.0. The highest BCUT2D eigenvalue weighted by Gasteiger charge is 2.23. The molecule has 7 heteroatoms. The van der Waals surface area contributed by atoms with Crippen LogP contribution in [0.15, 0.2) is 44.8 Å². The summed E-state index contributed by atoms with van der Waals surface area (Å²) >= 11 is 4.97. The van der Waals surface area contributed by atoms with Gasteiger partial charge in [0.1, 0.15) is 34.2 Å². The van der Waals surface area contributed by atoms with Crippen molar-refractivity contribution in [3.05, 3.63) is 67.7 Å². The third kappa shape index (κ3) is 4.34. The van der Waals surface area contributed by atoms with Crippen molar-refractivity contribution in [3.63, 3.8) is 0 Å². The first-order valence-electron chi connectivity index (χ1n) is 9.84. The lowest BCUT2D eigenvalue weighted by atomic mass is 9.96. The van der Waals surface area contributed by atoms with E-state index in [-0.39, 0.29) is 5.57 Å². The van der Waals surface area contributed by atoms with E-state index in [1.54, 1.807) is 12.1 Å². The van der Waals surface area contributed by atoms with Crippen LogP contribution in [0.25, 0.3) is 17.4 Å². The topological polar surface area (TPSA) is 89.8 Å². The third-order valence-corrected chi connectivity index (χ3v) is 7.04. The maximum Gasteiger partial charge on any atom is 0.267 e. The molecular weight excluding hydrogens is 474 g/mol. The van der Waals surface area contributed by atoms with E-state index in [9.17, 15) is 15.3 Å². The number of benzene rings is 1. The first-order chi connectivity index (χ1) is 15.0. The van der Waals surface area contributed by atoms with Gasteiger partial charge in [-0.3, -0.25) is 4.79 Å². The van der Waals surface area contributed by atoms with E-state index in [4.69, 9.17) is 4.42 Å². The lowest BCUT2D eigenvalue weighted by Crippen LogP contribution is -2.13. The highest BCUT2D eigenvalue weighted by molar-refractivity contribution is 9.10. The summed E-state index contributed by atoms with van der Waals surface area (Å²) in [4.78, 5) is 13.9. The van der Waals surface area contributed by atoms with Gasteiger partial charge in [0.15, 0.2) is 0 Å². The van der Waals surface area contributed by atoms with Gasteiger partial charge in [-0.05, 0) is 68.0 Å². The van der Waals surface area contributed by atoms with Gasteiger partial charge in [-0.15, -0.1) is 11.3 Å². The second-order valence-electron chi connectivity index (χ2n) is 7.34. The minimum atomic E-state index is -0.549. The highest BCUT2D eigenvalue weighted by atomic mass is 79.9. The van der Waals surface area contributed by atoms with Crippen molar-refractivity contribution in [2.45, 2.75) is 32.6 Å². The number of amides is 1. The molecule has 1 N–H and O–H groups in total. The molecule has 4 rings (SSSR count). The van der Waals surface area contributed by atoms with Crippen LogP contribution in [0.3, 0.4) is 0 Å². The fourth-order valence-corrected chi connectivity index (χ4v) is 5.55. The Bertz CT molecular complexity index is 1290. The van der Waals surface area contributed by atoms with Crippen molar-refractivity contribution in [3.8, 4) is 23.5 Å². The maximum absolute atomic E-state index is 12.7. The van der Waals surface area contributed by atoms with Gasteiger partial charge in [-0.25, -0.2) is 0 Å². The number of thiophene rings is 1. The molecule has 0 aliphatic heterocycles. The molecule has 1 aromatic carbocycles. The molecule has 0 saturated carbocycles. The lowest BCUT2D eigenvalue weighted by Gasteiger charge is -2.09. The number of carbonyl (C=O) groups excluding carboxylic acids is 1. The summed E-state index contributed by atoms with van der Waals surface area (Å²) in [6.07, 6.45) is 5.34. The largest absolute Gasteiger partial charge is 0.457 e. The van der Waals surface area contributed by atoms with Gasteiger partial charge in [-0.1, -0.05) is 22.0 Å². The van der Waals surface area contributed by atoms with Crippen LogP contribution in [-0.4, -0.2) is 5.91 Å². The number of nitriles is 2. The number of rotatable bonds is 4. The van der Waals surface area contributed by atoms with Crippen LogP contribution in [0.4, 0.5) is 5.00 Å². The van der Waals surface area contributed by atoms with Crippen molar-refractivity contribution >= 4 is 44.3 Å². The van der Waals surface area contributed by atoms with Crippen LogP contribution in [0.5, 0.6) is 0 Å². The van der Waals surface area contributed by atoms with Crippen molar-refractivity contribution in [1.82, 2.24) is 0 Å². The minimum Gasteiger partial charge on any atom is -0.457 e. The second-order valence-corrected chi connectivity index (χ2v) is 9.30. The molecule has 0 spiro atoms. The Morgan fingerprint density at radius 1 is 1.23 bits per heavy atom. The third-order valence-electron chi connectivity index (χ3n) is 5.18. The van der Waals surface area contributed by atoms with Gasteiger partial charge in [0.25, 0.3) is 5.91 Å². The molecule has 0 atom stereocenters. The van der Waals surface area contributed by atoms with Gasteiger partial charge in [0.05, 0.1) is 5.56 Å². The smallest absolute Gasteiger partial charge is 0.267 e. The SMILES string of the molecule is Cc1ccc(-c2ccc(/C=C(\C#N)C(=O)Nc3sc4c(c3C#N)CCCC4)o2)c(Br)c1. The monoisotopic (exact) mass is 491 g/mol. The Labute approximate surface area is 192 Å². The number of carbonyl (C=O) groups is 1. The van der Waals surface area contributed by atoms with E-state index in [0.29, 0.717) is 22.1 Å². The number of anilines is 1. The molecule has 0 saturated heterocycles. The Morgan fingerprint density at radius 3 is 2.77 bits per heavy atom. The van der Waals surface area contributed by atoms with Gasteiger partial charge in [0, 0.05) is 21.0 Å². The van der Waals surface area contributed by atoms with Gasteiger partial charge >= 0.3 is 0 Å². The lowest BCUT2D eigenvalue weighted by molar-refractivity contribution is -0.112. The predicted molar refractivity (Wildman–Crippen MR) is 124 cm³/mol. The molecule has 3 aromatic rings. The maximum atomic E-state index is 12.7. The highest BCUT2D eigenvalue weighted by Crippen LogP contribution is 2.38. The molecule has 31 heavy (non-hydrogen) atoms. The number of furan rings is 1. The fourth-order valence-electron chi connectivity index (χ4n) is 3.63. The van der Waals surface area contributed by atoms with Crippen LogP contribution in [-0.2, 0) is 17.6 Å². The molecule has 0 radical (unpaired) electrons. The number of nitrogens with zero attached hydrogens (tertiary/aromatic N) is 2. The average molecular weight is 492 g/mol. The van der Waals surface area contributed by atoms with Crippen LogP contribution >= 0.6 is 27.3 Å². The Balaban J connectivity index is 1.58. The molecule has 2 aromatic heterocycles. The number of aryl methyl sites for hydroxylation is 2. The second kappa shape index (κ2) is 8.93. The van der Waals surface area contributed by atoms with Crippen molar-refractivity contribution in [1.29, 1.82) is 10.5 Å². The van der Waals surface area contributed by atoms with E-state index in [0.717, 1.165) is 51.7 Å². The van der Waals surface area contributed by atoms with E-state index < -0.39 is 5.91 Å². The number of hydrogen-bond acceptors (Lipinski definition) is 5. The Hall–Kier alpha value is -3.13. The van der Waals surface area contributed by atoms with E-state index in [1.165, 1.54) is 17.4 Å². The van der Waals surface area contributed by atoms with Crippen LogP contribution < -0.4 is 5.32 Å². The summed E-state index contributed by atoms with van der Waals surface area (Å²) in [5, 5.41) is 22.4. The number of halogens is 1. The Morgan fingerprint density at radius 2 is 2.03 bits per heavy atom. The van der Waals surface area contributed by atoms with Gasteiger partial charge in [0.2, 0.25) is 0 Å². The summed E-state index contributed by atoms with van der Waals surface area (Å²) in [5.74, 6) is 0.487. The number of fused-ring (bicyclic) bond motifs is 1. The summed E-state index contributed by atoms with van der Waals surface area (Å²) in [6.45, 7) is 2.00. The molecular formula is C24H18BrN3O2S. The summed E-state index contributed by atoms with van der Waals surface area (Å²) in [7, 11) is 0. The predicted octanol–water partition coefficient (Wildman–Crippen LogP) is 6.38.